The molecule has 0 spiro atoms. The molecule has 0 unspecified atom stereocenters. The van der Waals surface area contributed by atoms with Crippen LogP contribution in [0.2, 0.25) is 0 Å². The molecule has 0 bridgehead atoms. The van der Waals surface area contributed by atoms with E-state index in [4.69, 9.17) is 0 Å². The van der Waals surface area contributed by atoms with Crippen molar-refractivity contribution in [2.24, 2.45) is 0 Å². The average Bonchev–Trinajstić information content (AvgIpc) is 3.25. The zero-order chi connectivity index (χ0) is 24.4. The number of fused-ring (bicyclic) bond motifs is 3. The smallest absolute Gasteiger partial charge is 0.0521 e. The van der Waals surface area contributed by atoms with E-state index in [-0.39, 0.29) is 20.1 Å². The van der Waals surface area contributed by atoms with Gasteiger partial charge in [0, 0.05) is 37.2 Å². The predicted molar refractivity (Wildman–Crippen MR) is 147 cm³/mol. The third-order valence-corrected chi connectivity index (χ3v) is 7.19. The van der Waals surface area contributed by atoms with Gasteiger partial charge in [-0.15, -0.1) is 64.4 Å². The molecular formula is C31H25IrN3S-2. The molecule has 0 atom stereocenters. The summed E-state index contributed by atoms with van der Waals surface area (Å²) in [5.74, 6) is 0. The Balaban J connectivity index is 0.000000172. The van der Waals surface area contributed by atoms with Crippen LogP contribution >= 0.6 is 11.3 Å². The van der Waals surface area contributed by atoms with Crippen LogP contribution in [-0.2, 0) is 20.1 Å². The van der Waals surface area contributed by atoms with E-state index >= 15 is 0 Å². The van der Waals surface area contributed by atoms with Crippen LogP contribution in [0.5, 0.6) is 0 Å². The van der Waals surface area contributed by atoms with Crippen molar-refractivity contribution in [1.29, 1.82) is 0 Å². The third-order valence-electron chi connectivity index (χ3n) is 6.07. The van der Waals surface area contributed by atoms with Crippen LogP contribution in [0.25, 0.3) is 42.7 Å². The molecule has 0 N–H and O–H groups in total. The Bertz CT molecular complexity index is 1640. The van der Waals surface area contributed by atoms with E-state index in [1.54, 1.807) is 17.5 Å². The number of aryl methyl sites for hydroxylation is 4. The number of pyridine rings is 3. The summed E-state index contributed by atoms with van der Waals surface area (Å²) in [6.07, 6.45) is 5.63. The van der Waals surface area contributed by atoms with Crippen LogP contribution in [-0.4, -0.2) is 15.0 Å². The zero-order valence-corrected chi connectivity index (χ0v) is 23.8. The molecule has 0 amide bonds. The number of aromatic nitrogens is 3. The summed E-state index contributed by atoms with van der Waals surface area (Å²) in [6.45, 7) is 8.23. The average molecular weight is 664 g/mol. The molecule has 4 heterocycles. The fourth-order valence-electron chi connectivity index (χ4n) is 3.90. The normalized spacial score (nSPS) is 10.6. The Labute approximate surface area is 229 Å². The van der Waals surface area contributed by atoms with Crippen LogP contribution in [0, 0.1) is 39.8 Å². The summed E-state index contributed by atoms with van der Waals surface area (Å²) in [5, 5.41) is 2.55. The Morgan fingerprint density at radius 3 is 2.28 bits per heavy atom. The first-order chi connectivity index (χ1) is 17.0. The molecular weight excluding hydrogens is 639 g/mol. The number of rotatable bonds is 2. The van der Waals surface area contributed by atoms with Crippen LogP contribution < -0.4 is 0 Å². The van der Waals surface area contributed by atoms with E-state index in [1.165, 1.54) is 36.9 Å². The maximum atomic E-state index is 4.57. The fraction of sp³-hybridized carbons (Fsp3) is 0.129. The summed E-state index contributed by atoms with van der Waals surface area (Å²) in [7, 11) is 0. The molecule has 36 heavy (non-hydrogen) atoms. The van der Waals surface area contributed by atoms with Gasteiger partial charge in [0.25, 0.3) is 0 Å². The number of nitrogens with zero attached hydrogens (tertiary/aromatic N) is 3. The van der Waals surface area contributed by atoms with Gasteiger partial charge < -0.3 is 15.0 Å². The molecule has 0 saturated heterocycles. The summed E-state index contributed by atoms with van der Waals surface area (Å²) in [4.78, 5) is 13.3. The summed E-state index contributed by atoms with van der Waals surface area (Å²) < 4.78 is 2.52. The Kier molecular flexibility index (Phi) is 8.05. The quantitative estimate of drug-likeness (QED) is 0.176. The number of thiophene rings is 1. The third kappa shape index (κ3) is 5.44. The van der Waals surface area contributed by atoms with Gasteiger partial charge in [-0.2, -0.15) is 0 Å². The molecule has 6 rings (SSSR count). The van der Waals surface area contributed by atoms with Gasteiger partial charge in [0.2, 0.25) is 0 Å². The van der Waals surface area contributed by atoms with E-state index in [0.717, 1.165) is 28.2 Å². The van der Waals surface area contributed by atoms with E-state index < -0.39 is 0 Å². The Morgan fingerprint density at radius 2 is 1.53 bits per heavy atom. The van der Waals surface area contributed by atoms with E-state index in [1.807, 2.05) is 31.5 Å². The second kappa shape index (κ2) is 11.2. The number of hydrogen-bond donors (Lipinski definition) is 0. The molecule has 5 heteroatoms. The second-order valence-corrected chi connectivity index (χ2v) is 9.73. The van der Waals surface area contributed by atoms with Gasteiger partial charge in [-0.25, -0.2) is 0 Å². The molecule has 0 aliphatic rings. The molecule has 2 aromatic carbocycles. The maximum absolute atomic E-state index is 4.57. The van der Waals surface area contributed by atoms with Crippen molar-refractivity contribution in [2.45, 2.75) is 27.7 Å². The van der Waals surface area contributed by atoms with Crippen molar-refractivity contribution in [1.82, 2.24) is 15.0 Å². The van der Waals surface area contributed by atoms with Crippen LogP contribution in [0.15, 0.2) is 79.3 Å². The molecule has 0 aliphatic carbocycles. The van der Waals surface area contributed by atoms with Crippen molar-refractivity contribution in [3.63, 3.8) is 0 Å². The van der Waals surface area contributed by atoms with E-state index in [0.29, 0.717) is 0 Å². The largest absolute Gasteiger partial charge is 0.357 e. The van der Waals surface area contributed by atoms with Gasteiger partial charge in [0.1, 0.15) is 0 Å². The van der Waals surface area contributed by atoms with Gasteiger partial charge in [0.05, 0.1) is 4.70 Å². The first-order valence-corrected chi connectivity index (χ1v) is 12.3. The standard InChI is InChI=1S/C17H11N2S.C14H14N.Ir/c1-11-12(6-4-8-18-11)15-9-14-13-5-2-3-7-16(13)20-17(14)10-19-15;1-10-4-6-13(7-5-10)14-8-11(2)12(3)9-15-14;/h2-5,7-10H,1H3;4-6,8-9H,1-3H3;/q2*-1;. The molecule has 6 aromatic rings. The molecule has 0 aliphatic heterocycles. The van der Waals surface area contributed by atoms with Gasteiger partial charge >= 0.3 is 0 Å². The number of hydrogen-bond acceptors (Lipinski definition) is 4. The minimum Gasteiger partial charge on any atom is -0.357 e. The molecule has 0 fully saturated rings. The van der Waals surface area contributed by atoms with Crippen molar-refractivity contribution < 1.29 is 20.1 Å². The van der Waals surface area contributed by atoms with Crippen molar-refractivity contribution in [2.75, 3.05) is 0 Å². The molecule has 181 valence electrons. The second-order valence-electron chi connectivity index (χ2n) is 8.65. The van der Waals surface area contributed by atoms with Crippen molar-refractivity contribution in [3.8, 4) is 22.5 Å². The Morgan fingerprint density at radius 1 is 0.722 bits per heavy atom. The monoisotopic (exact) mass is 664 g/mol. The Hall–Kier alpha value is -3.24. The minimum absolute atomic E-state index is 0. The van der Waals surface area contributed by atoms with Gasteiger partial charge in [-0.3, -0.25) is 0 Å². The van der Waals surface area contributed by atoms with Crippen molar-refractivity contribution in [3.05, 3.63) is 114 Å². The van der Waals surface area contributed by atoms with Gasteiger partial charge in [-0.1, -0.05) is 55.9 Å². The summed E-state index contributed by atoms with van der Waals surface area (Å²) in [6, 6.07) is 27.2. The van der Waals surface area contributed by atoms with Gasteiger partial charge in [0.15, 0.2) is 0 Å². The van der Waals surface area contributed by atoms with Crippen LogP contribution in [0.1, 0.15) is 22.4 Å². The maximum Gasteiger partial charge on any atom is 0.0521 e. The predicted octanol–water partition coefficient (Wildman–Crippen LogP) is 8.09. The van der Waals surface area contributed by atoms with E-state index in [9.17, 15) is 0 Å². The first kappa shape index (κ1) is 25.8. The summed E-state index contributed by atoms with van der Waals surface area (Å²) >= 11 is 1.78. The van der Waals surface area contributed by atoms with Crippen LogP contribution in [0.4, 0.5) is 0 Å². The van der Waals surface area contributed by atoms with Crippen LogP contribution in [0.3, 0.4) is 0 Å². The van der Waals surface area contributed by atoms with E-state index in [2.05, 4.69) is 96.4 Å². The van der Waals surface area contributed by atoms with Gasteiger partial charge in [-0.05, 0) is 53.3 Å². The molecule has 0 saturated carbocycles. The molecule has 3 nitrogen and oxygen atoms in total. The topological polar surface area (TPSA) is 38.7 Å². The van der Waals surface area contributed by atoms with Crippen molar-refractivity contribution >= 4 is 31.5 Å². The minimum atomic E-state index is 0. The fourth-order valence-corrected chi connectivity index (χ4v) is 4.96. The SMILES string of the molecule is Cc1c[c-]c(-c2cc(C)c(C)cn2)cc1.Cc1ncc[c-]c1-c1cc2c(cn1)sc1ccccc12.[Ir]. The number of benzene rings is 2. The summed E-state index contributed by atoms with van der Waals surface area (Å²) in [5.41, 5.74) is 8.65. The molecule has 4 aromatic heterocycles. The zero-order valence-electron chi connectivity index (χ0n) is 20.6. The molecule has 1 radical (unpaired) electrons. The first-order valence-electron chi connectivity index (χ1n) is 11.5.